The molecule has 0 aliphatic heterocycles. The molecule has 1 heterocycles. The molecule has 1 N–H and O–H groups in total. The Morgan fingerprint density at radius 1 is 0.962 bits per heavy atom. The van der Waals surface area contributed by atoms with Gasteiger partial charge in [0.15, 0.2) is 10.6 Å². The lowest BCUT2D eigenvalue weighted by atomic mass is 10.1. The fraction of sp³-hybridized carbons (Fsp3) is 0.100. The third-order valence-corrected chi connectivity index (χ3v) is 4.60. The lowest BCUT2D eigenvalue weighted by Crippen LogP contribution is -2.00. The SMILES string of the molecule is COc1ccc(-c2n[nH]c(=S)n2-c2cccc3ccccc23)c(OC)c1. The van der Waals surface area contributed by atoms with Gasteiger partial charge in [-0.25, -0.2) is 0 Å². The first kappa shape index (κ1) is 16.4. The summed E-state index contributed by atoms with van der Waals surface area (Å²) in [6.07, 6.45) is 0. The van der Waals surface area contributed by atoms with Crippen molar-refractivity contribution >= 4 is 23.0 Å². The fourth-order valence-electron chi connectivity index (χ4n) is 3.09. The summed E-state index contributed by atoms with van der Waals surface area (Å²) in [6.45, 7) is 0. The molecule has 6 heteroatoms. The first-order chi connectivity index (χ1) is 12.7. The molecular weight excluding hydrogens is 346 g/mol. The van der Waals surface area contributed by atoms with Crippen LogP contribution in [-0.4, -0.2) is 29.0 Å². The molecule has 0 radical (unpaired) electrons. The number of rotatable bonds is 4. The standard InChI is InChI=1S/C20H17N3O2S/c1-24-14-10-11-16(18(12-14)25-2)19-21-22-20(26)23(19)17-9-5-7-13-6-3-4-8-15(13)17/h3-12H,1-2H3,(H,22,26). The first-order valence-electron chi connectivity index (χ1n) is 8.11. The highest BCUT2D eigenvalue weighted by atomic mass is 32.1. The molecule has 0 bridgehead atoms. The predicted molar refractivity (Wildman–Crippen MR) is 105 cm³/mol. The van der Waals surface area contributed by atoms with Crippen LogP contribution in [-0.2, 0) is 0 Å². The largest absolute Gasteiger partial charge is 0.497 e. The number of benzene rings is 3. The normalized spacial score (nSPS) is 10.8. The Hall–Kier alpha value is -3.12. The van der Waals surface area contributed by atoms with Crippen LogP contribution in [0, 0.1) is 4.77 Å². The highest BCUT2D eigenvalue weighted by Gasteiger charge is 2.17. The Labute approximate surface area is 155 Å². The zero-order chi connectivity index (χ0) is 18.1. The second kappa shape index (κ2) is 6.65. The van der Waals surface area contributed by atoms with E-state index in [4.69, 9.17) is 21.7 Å². The van der Waals surface area contributed by atoms with E-state index in [1.165, 1.54) is 0 Å². The van der Waals surface area contributed by atoms with Crippen LogP contribution in [0.3, 0.4) is 0 Å². The number of aromatic nitrogens is 3. The number of nitrogens with one attached hydrogen (secondary N) is 1. The van der Waals surface area contributed by atoms with Crippen LogP contribution in [0.5, 0.6) is 11.5 Å². The van der Waals surface area contributed by atoms with Gasteiger partial charge in [0.1, 0.15) is 11.5 Å². The Kier molecular flexibility index (Phi) is 4.18. The van der Waals surface area contributed by atoms with Gasteiger partial charge >= 0.3 is 0 Å². The zero-order valence-corrected chi connectivity index (χ0v) is 15.2. The Balaban J connectivity index is 1.99. The number of H-pyrrole nitrogens is 1. The molecular formula is C20H17N3O2S. The van der Waals surface area contributed by atoms with E-state index in [1.54, 1.807) is 14.2 Å². The number of hydrogen-bond acceptors (Lipinski definition) is 4. The van der Waals surface area contributed by atoms with E-state index >= 15 is 0 Å². The maximum absolute atomic E-state index is 5.55. The summed E-state index contributed by atoms with van der Waals surface area (Å²) >= 11 is 5.53. The number of aromatic amines is 1. The average Bonchev–Trinajstić information content (AvgIpc) is 3.08. The average molecular weight is 363 g/mol. The molecule has 0 atom stereocenters. The molecule has 0 aliphatic carbocycles. The molecule has 0 amide bonds. The van der Waals surface area contributed by atoms with Crippen molar-refractivity contribution in [3.05, 3.63) is 65.4 Å². The van der Waals surface area contributed by atoms with Gasteiger partial charge in [-0.1, -0.05) is 36.4 Å². The summed E-state index contributed by atoms with van der Waals surface area (Å²) < 4.78 is 13.3. The van der Waals surface area contributed by atoms with E-state index in [-0.39, 0.29) is 0 Å². The second-order valence-corrected chi connectivity index (χ2v) is 6.14. The van der Waals surface area contributed by atoms with Crippen LogP contribution in [0.25, 0.3) is 27.8 Å². The van der Waals surface area contributed by atoms with Gasteiger partial charge in [-0.15, -0.1) is 0 Å². The number of methoxy groups -OCH3 is 2. The topological polar surface area (TPSA) is 52.1 Å². The van der Waals surface area contributed by atoms with Crippen molar-refractivity contribution in [2.45, 2.75) is 0 Å². The second-order valence-electron chi connectivity index (χ2n) is 5.75. The van der Waals surface area contributed by atoms with Crippen molar-refractivity contribution in [3.63, 3.8) is 0 Å². The minimum absolute atomic E-state index is 0.522. The van der Waals surface area contributed by atoms with Gasteiger partial charge in [0.2, 0.25) is 0 Å². The molecule has 1 aromatic heterocycles. The summed E-state index contributed by atoms with van der Waals surface area (Å²) in [4.78, 5) is 0. The van der Waals surface area contributed by atoms with Gasteiger partial charge in [-0.3, -0.25) is 9.67 Å². The molecule has 0 fully saturated rings. The quantitative estimate of drug-likeness (QED) is 0.531. The molecule has 4 aromatic rings. The maximum Gasteiger partial charge on any atom is 0.200 e. The molecule has 0 aliphatic rings. The summed E-state index contributed by atoms with van der Waals surface area (Å²) in [5.74, 6) is 2.07. The van der Waals surface area contributed by atoms with E-state index in [0.717, 1.165) is 27.8 Å². The van der Waals surface area contributed by atoms with Crippen molar-refractivity contribution in [2.75, 3.05) is 14.2 Å². The fourth-order valence-corrected chi connectivity index (χ4v) is 3.32. The molecule has 0 spiro atoms. The van der Waals surface area contributed by atoms with Crippen LogP contribution in [0.2, 0.25) is 0 Å². The van der Waals surface area contributed by atoms with Crippen molar-refractivity contribution < 1.29 is 9.47 Å². The molecule has 5 nitrogen and oxygen atoms in total. The summed E-state index contributed by atoms with van der Waals surface area (Å²) in [5.41, 5.74) is 1.79. The summed E-state index contributed by atoms with van der Waals surface area (Å²) in [6, 6.07) is 20.0. The minimum atomic E-state index is 0.522. The van der Waals surface area contributed by atoms with Crippen LogP contribution in [0.15, 0.2) is 60.7 Å². The van der Waals surface area contributed by atoms with Crippen molar-refractivity contribution in [2.24, 2.45) is 0 Å². The van der Waals surface area contributed by atoms with Crippen LogP contribution in [0.4, 0.5) is 0 Å². The van der Waals surface area contributed by atoms with Crippen molar-refractivity contribution in [3.8, 4) is 28.6 Å². The monoisotopic (exact) mass is 363 g/mol. The lowest BCUT2D eigenvalue weighted by Gasteiger charge is -2.13. The molecule has 0 saturated heterocycles. The maximum atomic E-state index is 5.55. The molecule has 130 valence electrons. The molecule has 0 saturated carbocycles. The van der Waals surface area contributed by atoms with E-state index in [9.17, 15) is 0 Å². The third-order valence-electron chi connectivity index (χ3n) is 4.33. The molecule has 3 aromatic carbocycles. The van der Waals surface area contributed by atoms with Gasteiger partial charge in [-0.05, 0) is 35.8 Å². The van der Waals surface area contributed by atoms with Gasteiger partial charge in [0, 0.05) is 11.5 Å². The van der Waals surface area contributed by atoms with E-state index in [1.807, 2.05) is 47.0 Å². The van der Waals surface area contributed by atoms with Crippen LogP contribution >= 0.6 is 12.2 Å². The Morgan fingerprint density at radius 3 is 2.58 bits per heavy atom. The van der Waals surface area contributed by atoms with E-state index in [2.05, 4.69) is 28.4 Å². The van der Waals surface area contributed by atoms with Gasteiger partial charge in [0.05, 0.1) is 25.5 Å². The highest BCUT2D eigenvalue weighted by molar-refractivity contribution is 7.71. The van der Waals surface area contributed by atoms with Crippen LogP contribution in [0.1, 0.15) is 0 Å². The van der Waals surface area contributed by atoms with Gasteiger partial charge in [-0.2, -0.15) is 5.10 Å². The van der Waals surface area contributed by atoms with Crippen LogP contribution < -0.4 is 9.47 Å². The smallest absolute Gasteiger partial charge is 0.200 e. The van der Waals surface area contributed by atoms with Gasteiger partial charge in [0.25, 0.3) is 0 Å². The van der Waals surface area contributed by atoms with Crippen molar-refractivity contribution in [1.82, 2.24) is 14.8 Å². The third kappa shape index (κ3) is 2.64. The van der Waals surface area contributed by atoms with Gasteiger partial charge < -0.3 is 9.47 Å². The lowest BCUT2D eigenvalue weighted by molar-refractivity contribution is 0.395. The minimum Gasteiger partial charge on any atom is -0.497 e. The van der Waals surface area contributed by atoms with E-state index in [0.29, 0.717) is 16.3 Å². The first-order valence-corrected chi connectivity index (χ1v) is 8.51. The number of hydrogen-bond donors (Lipinski definition) is 1. The Bertz CT molecular complexity index is 1140. The number of ether oxygens (including phenoxy) is 2. The number of nitrogens with zero attached hydrogens (tertiary/aromatic N) is 2. The van der Waals surface area contributed by atoms with E-state index < -0.39 is 0 Å². The molecule has 4 rings (SSSR count). The van der Waals surface area contributed by atoms with Crippen molar-refractivity contribution in [1.29, 1.82) is 0 Å². The summed E-state index contributed by atoms with van der Waals surface area (Å²) in [5, 5.41) is 9.60. The Morgan fingerprint density at radius 2 is 1.77 bits per heavy atom. The molecule has 0 unspecified atom stereocenters. The molecule has 26 heavy (non-hydrogen) atoms. The predicted octanol–water partition coefficient (Wildman–Crippen LogP) is 4.77. The zero-order valence-electron chi connectivity index (χ0n) is 14.4. The number of fused-ring (bicyclic) bond motifs is 1. The summed E-state index contributed by atoms with van der Waals surface area (Å²) in [7, 11) is 3.25. The highest BCUT2D eigenvalue weighted by Crippen LogP contribution is 2.34.